The van der Waals surface area contributed by atoms with Crippen LogP contribution in [0.1, 0.15) is 116 Å². The van der Waals surface area contributed by atoms with Crippen molar-refractivity contribution in [3.63, 3.8) is 0 Å². The number of hydrogen-bond acceptors (Lipinski definition) is 8. The number of imidazole rings is 1. The molecular formula is C28H49N5O5. The lowest BCUT2D eigenvalue weighted by Gasteiger charge is -2.17. The number of fused-ring (bicyclic) bond motifs is 1. The quantitative estimate of drug-likeness (QED) is 0.197. The normalized spacial score (nSPS) is 21.6. The molecule has 2 aromatic heterocycles. The van der Waals surface area contributed by atoms with E-state index in [2.05, 4.69) is 16.9 Å². The molecule has 38 heavy (non-hydrogen) atoms. The zero-order valence-electron chi connectivity index (χ0n) is 23.1. The number of nitrogens with two attached hydrogens (primary N) is 1. The lowest BCUT2D eigenvalue weighted by Crippen LogP contribution is -2.33. The topological polar surface area (TPSA) is 149 Å². The Kier molecular flexibility index (Phi) is 13.0. The molecule has 1 fully saturated rings. The largest absolute Gasteiger partial charge is 0.394 e. The molecule has 1 saturated heterocycles. The van der Waals surface area contributed by atoms with Crippen molar-refractivity contribution >= 4 is 17.1 Å². The Balaban J connectivity index is 1.33. The molecule has 10 heteroatoms. The molecule has 5 N–H and O–H groups in total. The summed E-state index contributed by atoms with van der Waals surface area (Å²) in [6.07, 6.45) is 17.4. The Labute approximate surface area is 226 Å². The standard InChI is InChI=1S/C28H49N5O5/c1-2-3-4-5-6-7-8-9-10-11-12-13-14-15-16-17-18-32-26(37)22-25(31-28(32)29)33(20-30-22)27-24(36)23(35)21(19-34)38-27/h20-21,23-24,27,34-36H,2-19H2,1H3,(H2,29,31)/t21-,23-,24-,27-/m1/s1. The molecule has 0 aliphatic carbocycles. The van der Waals surface area contributed by atoms with Gasteiger partial charge in [-0.05, 0) is 6.42 Å². The van der Waals surface area contributed by atoms with Gasteiger partial charge in [-0.2, -0.15) is 4.98 Å². The molecule has 216 valence electrons. The van der Waals surface area contributed by atoms with Gasteiger partial charge in [0.05, 0.1) is 12.9 Å². The summed E-state index contributed by atoms with van der Waals surface area (Å²) >= 11 is 0. The lowest BCUT2D eigenvalue weighted by atomic mass is 10.0. The van der Waals surface area contributed by atoms with Crippen molar-refractivity contribution in [2.45, 2.75) is 141 Å². The van der Waals surface area contributed by atoms with Crippen molar-refractivity contribution in [1.29, 1.82) is 0 Å². The minimum atomic E-state index is -1.29. The maximum absolute atomic E-state index is 13.0. The molecule has 0 unspecified atom stereocenters. The van der Waals surface area contributed by atoms with Crippen LogP contribution in [0.3, 0.4) is 0 Å². The zero-order chi connectivity index (χ0) is 27.3. The van der Waals surface area contributed by atoms with Gasteiger partial charge in [0.1, 0.15) is 18.3 Å². The Bertz CT molecular complexity index is 1010. The van der Waals surface area contributed by atoms with E-state index in [0.29, 0.717) is 6.54 Å². The maximum Gasteiger partial charge on any atom is 0.283 e. The molecule has 0 bridgehead atoms. The van der Waals surface area contributed by atoms with Gasteiger partial charge < -0.3 is 25.8 Å². The number of rotatable bonds is 19. The Morgan fingerprint density at radius 1 is 0.868 bits per heavy atom. The van der Waals surface area contributed by atoms with Crippen molar-refractivity contribution in [1.82, 2.24) is 19.1 Å². The fraction of sp³-hybridized carbons (Fsp3) is 0.821. The van der Waals surface area contributed by atoms with Crippen LogP contribution in [-0.4, -0.2) is 59.3 Å². The van der Waals surface area contributed by atoms with E-state index in [9.17, 15) is 20.1 Å². The molecule has 0 radical (unpaired) electrons. The average molecular weight is 536 g/mol. The van der Waals surface area contributed by atoms with E-state index in [1.807, 2.05) is 0 Å². The third-order valence-corrected chi connectivity index (χ3v) is 7.74. The molecular weight excluding hydrogens is 486 g/mol. The van der Waals surface area contributed by atoms with Gasteiger partial charge in [-0.1, -0.05) is 103 Å². The first-order valence-electron chi connectivity index (χ1n) is 14.8. The van der Waals surface area contributed by atoms with Crippen LogP contribution in [0.15, 0.2) is 11.1 Å². The van der Waals surface area contributed by atoms with Crippen molar-refractivity contribution in [2.24, 2.45) is 0 Å². The summed E-state index contributed by atoms with van der Waals surface area (Å²) in [6, 6.07) is 0. The third kappa shape index (κ3) is 8.24. The van der Waals surface area contributed by atoms with Gasteiger partial charge >= 0.3 is 0 Å². The molecule has 10 nitrogen and oxygen atoms in total. The van der Waals surface area contributed by atoms with Gasteiger partial charge in [-0.3, -0.25) is 13.9 Å². The molecule has 0 aromatic carbocycles. The van der Waals surface area contributed by atoms with Crippen molar-refractivity contribution in [3.8, 4) is 0 Å². The van der Waals surface area contributed by atoms with Gasteiger partial charge in [0.2, 0.25) is 5.95 Å². The number of anilines is 1. The first kappa shape index (κ1) is 30.5. The van der Waals surface area contributed by atoms with Crippen molar-refractivity contribution in [3.05, 3.63) is 16.7 Å². The summed E-state index contributed by atoms with van der Waals surface area (Å²) in [5, 5.41) is 29.7. The van der Waals surface area contributed by atoms with E-state index in [-0.39, 0.29) is 22.7 Å². The fourth-order valence-electron chi connectivity index (χ4n) is 5.35. The Hall–Kier alpha value is -2.01. The molecule has 3 rings (SSSR count). The van der Waals surface area contributed by atoms with Crippen LogP contribution in [-0.2, 0) is 11.3 Å². The van der Waals surface area contributed by atoms with E-state index < -0.39 is 31.1 Å². The van der Waals surface area contributed by atoms with Crippen LogP contribution in [0, 0.1) is 0 Å². The predicted octanol–water partition coefficient (Wildman–Crippen LogP) is 4.05. The first-order chi connectivity index (χ1) is 18.5. The third-order valence-electron chi connectivity index (χ3n) is 7.74. The van der Waals surface area contributed by atoms with E-state index >= 15 is 0 Å². The summed E-state index contributed by atoms with van der Waals surface area (Å²) in [5.74, 6) is 0.0805. The number of unbranched alkanes of at least 4 members (excludes halogenated alkanes) is 15. The second-order valence-electron chi connectivity index (χ2n) is 10.8. The molecule has 0 amide bonds. The van der Waals surface area contributed by atoms with Crippen molar-refractivity contribution < 1.29 is 20.1 Å². The SMILES string of the molecule is CCCCCCCCCCCCCCCCCCn1c(N)nc2c(ncn2[C@@H]2O[C@H](CO)[C@@H](O)[C@H]2O)c1=O. The molecule has 4 atom stereocenters. The van der Waals surface area contributed by atoms with Gasteiger partial charge in [0.15, 0.2) is 17.4 Å². The van der Waals surface area contributed by atoms with E-state index in [4.69, 9.17) is 10.5 Å². The minimum absolute atomic E-state index is 0.0805. The van der Waals surface area contributed by atoms with E-state index in [1.54, 1.807) is 0 Å². The number of aromatic nitrogens is 4. The number of aliphatic hydroxyl groups is 3. The van der Waals surface area contributed by atoms with Crippen LogP contribution >= 0.6 is 0 Å². The highest BCUT2D eigenvalue weighted by Crippen LogP contribution is 2.31. The fourth-order valence-corrected chi connectivity index (χ4v) is 5.35. The molecule has 2 aromatic rings. The van der Waals surface area contributed by atoms with Crippen LogP contribution in [0.25, 0.3) is 11.2 Å². The zero-order valence-corrected chi connectivity index (χ0v) is 23.1. The number of aliphatic hydroxyl groups excluding tert-OH is 3. The van der Waals surface area contributed by atoms with Crippen molar-refractivity contribution in [2.75, 3.05) is 12.3 Å². The van der Waals surface area contributed by atoms with Crippen LogP contribution in [0.4, 0.5) is 5.95 Å². The number of hydrogen-bond donors (Lipinski definition) is 4. The second-order valence-corrected chi connectivity index (χ2v) is 10.8. The summed E-state index contributed by atoms with van der Waals surface area (Å²) < 4.78 is 8.37. The number of nitrogens with zero attached hydrogens (tertiary/aromatic N) is 4. The average Bonchev–Trinajstić information content (AvgIpc) is 3.45. The second kappa shape index (κ2) is 16.2. The maximum atomic E-state index is 13.0. The van der Waals surface area contributed by atoms with Crippen LogP contribution < -0.4 is 11.3 Å². The Morgan fingerprint density at radius 2 is 1.39 bits per heavy atom. The van der Waals surface area contributed by atoms with E-state index in [0.717, 1.165) is 19.3 Å². The molecule has 1 aliphatic rings. The monoisotopic (exact) mass is 535 g/mol. The Morgan fingerprint density at radius 3 is 1.89 bits per heavy atom. The number of nitrogen functional groups attached to an aromatic ring is 1. The molecule has 1 aliphatic heterocycles. The molecule has 0 saturated carbocycles. The smallest absolute Gasteiger partial charge is 0.283 e. The minimum Gasteiger partial charge on any atom is -0.394 e. The lowest BCUT2D eigenvalue weighted by molar-refractivity contribution is -0.0511. The molecule has 0 spiro atoms. The molecule has 3 heterocycles. The van der Waals surface area contributed by atoms with Crippen LogP contribution in [0.2, 0.25) is 0 Å². The summed E-state index contributed by atoms with van der Waals surface area (Å²) in [7, 11) is 0. The van der Waals surface area contributed by atoms with E-state index in [1.165, 1.54) is 98.9 Å². The number of ether oxygens (including phenoxy) is 1. The summed E-state index contributed by atoms with van der Waals surface area (Å²) in [6.45, 7) is 2.30. The first-order valence-corrected chi connectivity index (χ1v) is 14.8. The van der Waals surface area contributed by atoms with Gasteiger partial charge in [0, 0.05) is 6.54 Å². The summed E-state index contributed by atoms with van der Waals surface area (Å²) in [5.41, 5.74) is 6.10. The summed E-state index contributed by atoms with van der Waals surface area (Å²) in [4.78, 5) is 21.5. The highest BCUT2D eigenvalue weighted by molar-refractivity contribution is 5.71. The van der Waals surface area contributed by atoms with Gasteiger partial charge in [-0.15, -0.1) is 0 Å². The highest BCUT2D eigenvalue weighted by Gasteiger charge is 2.44. The van der Waals surface area contributed by atoms with Crippen LogP contribution in [0.5, 0.6) is 0 Å². The van der Waals surface area contributed by atoms with Gasteiger partial charge in [0.25, 0.3) is 5.56 Å². The predicted molar refractivity (Wildman–Crippen MR) is 149 cm³/mol. The highest BCUT2D eigenvalue weighted by atomic mass is 16.6. The van der Waals surface area contributed by atoms with Gasteiger partial charge in [-0.25, -0.2) is 4.98 Å².